The van der Waals surface area contributed by atoms with Crippen LogP contribution in [0.25, 0.3) is 0 Å². The highest BCUT2D eigenvalue weighted by Crippen LogP contribution is 2.30. The minimum Gasteiger partial charge on any atom is -0.493 e. The van der Waals surface area contributed by atoms with Crippen LogP contribution < -0.4 is 14.8 Å². The molecule has 124 valence electrons. The molecule has 1 aliphatic rings. The van der Waals surface area contributed by atoms with E-state index in [4.69, 9.17) is 14.6 Å². The van der Waals surface area contributed by atoms with Crippen LogP contribution in [0.5, 0.6) is 11.5 Å². The Bertz CT molecular complexity index is 454. The standard InChI is InChI=1S/C18H29NO3/c1-13-8-14(2)10-16(9-13)19-12-15-4-5-17(22-7-6-20)18(11-15)21-3/h4-5,11,13-14,16,19-20H,6-10,12H2,1-3H3. The maximum Gasteiger partial charge on any atom is 0.161 e. The lowest BCUT2D eigenvalue weighted by Gasteiger charge is -2.32. The van der Waals surface area contributed by atoms with E-state index in [9.17, 15) is 0 Å². The fraction of sp³-hybridized carbons (Fsp3) is 0.667. The third kappa shape index (κ3) is 4.89. The number of hydrogen-bond acceptors (Lipinski definition) is 4. The molecule has 4 nitrogen and oxygen atoms in total. The Balaban J connectivity index is 1.92. The van der Waals surface area contributed by atoms with E-state index in [0.29, 0.717) is 11.8 Å². The summed E-state index contributed by atoms with van der Waals surface area (Å²) in [4.78, 5) is 0. The molecule has 1 fully saturated rings. The number of rotatable bonds is 7. The summed E-state index contributed by atoms with van der Waals surface area (Å²) in [6.45, 7) is 5.83. The van der Waals surface area contributed by atoms with Gasteiger partial charge < -0.3 is 19.9 Å². The smallest absolute Gasteiger partial charge is 0.161 e. The summed E-state index contributed by atoms with van der Waals surface area (Å²) < 4.78 is 10.8. The van der Waals surface area contributed by atoms with Gasteiger partial charge in [0.1, 0.15) is 6.61 Å². The van der Waals surface area contributed by atoms with E-state index in [1.807, 2.05) is 12.1 Å². The second-order valence-electron chi connectivity index (χ2n) is 6.55. The second kappa shape index (κ2) is 8.39. The first kappa shape index (κ1) is 17.1. The molecular formula is C18H29NO3. The van der Waals surface area contributed by atoms with Crippen LogP contribution in [0.15, 0.2) is 18.2 Å². The number of aliphatic hydroxyl groups is 1. The Morgan fingerprint density at radius 2 is 1.86 bits per heavy atom. The number of ether oxygens (including phenoxy) is 2. The molecule has 0 heterocycles. The summed E-state index contributed by atoms with van der Waals surface area (Å²) in [6, 6.07) is 6.58. The lowest BCUT2D eigenvalue weighted by Crippen LogP contribution is -2.35. The molecule has 2 rings (SSSR count). The average molecular weight is 307 g/mol. The van der Waals surface area contributed by atoms with E-state index in [1.165, 1.54) is 24.8 Å². The molecule has 1 aromatic rings. The zero-order valence-electron chi connectivity index (χ0n) is 14.0. The molecule has 0 spiro atoms. The molecule has 2 unspecified atom stereocenters. The molecule has 2 N–H and O–H groups in total. The van der Waals surface area contributed by atoms with Crippen LogP contribution in [-0.2, 0) is 6.54 Å². The third-order valence-corrected chi connectivity index (χ3v) is 4.35. The Kier molecular flexibility index (Phi) is 6.52. The van der Waals surface area contributed by atoms with Crippen LogP contribution >= 0.6 is 0 Å². The van der Waals surface area contributed by atoms with E-state index in [1.54, 1.807) is 7.11 Å². The number of aliphatic hydroxyl groups excluding tert-OH is 1. The van der Waals surface area contributed by atoms with Crippen LogP contribution in [0.4, 0.5) is 0 Å². The van der Waals surface area contributed by atoms with Crippen molar-refractivity contribution in [2.45, 2.75) is 45.7 Å². The Hall–Kier alpha value is -1.26. The first-order valence-corrected chi connectivity index (χ1v) is 8.26. The number of benzene rings is 1. The van der Waals surface area contributed by atoms with Gasteiger partial charge in [-0.2, -0.15) is 0 Å². The summed E-state index contributed by atoms with van der Waals surface area (Å²) in [6.07, 6.45) is 3.88. The highest BCUT2D eigenvalue weighted by atomic mass is 16.5. The van der Waals surface area contributed by atoms with Crippen molar-refractivity contribution in [3.8, 4) is 11.5 Å². The Morgan fingerprint density at radius 3 is 2.50 bits per heavy atom. The van der Waals surface area contributed by atoms with Gasteiger partial charge in [-0.15, -0.1) is 0 Å². The molecule has 0 bridgehead atoms. The van der Waals surface area contributed by atoms with E-state index in [-0.39, 0.29) is 13.2 Å². The van der Waals surface area contributed by atoms with Gasteiger partial charge in [-0.3, -0.25) is 0 Å². The van der Waals surface area contributed by atoms with Crippen molar-refractivity contribution in [2.24, 2.45) is 11.8 Å². The molecule has 4 heteroatoms. The van der Waals surface area contributed by atoms with Crippen LogP contribution in [0, 0.1) is 11.8 Å². The molecular weight excluding hydrogens is 278 g/mol. The first-order valence-electron chi connectivity index (χ1n) is 8.26. The van der Waals surface area contributed by atoms with Gasteiger partial charge >= 0.3 is 0 Å². The molecule has 0 saturated heterocycles. The first-order chi connectivity index (χ1) is 10.6. The van der Waals surface area contributed by atoms with Gasteiger partial charge in [0.2, 0.25) is 0 Å². The van der Waals surface area contributed by atoms with Crippen LogP contribution in [0.1, 0.15) is 38.7 Å². The van der Waals surface area contributed by atoms with Gasteiger partial charge in [0.25, 0.3) is 0 Å². The van der Waals surface area contributed by atoms with Crippen molar-refractivity contribution in [3.05, 3.63) is 23.8 Å². The van der Waals surface area contributed by atoms with Crippen LogP contribution in [0.2, 0.25) is 0 Å². The van der Waals surface area contributed by atoms with E-state index < -0.39 is 0 Å². The lowest BCUT2D eigenvalue weighted by atomic mass is 9.80. The van der Waals surface area contributed by atoms with Crippen LogP contribution in [-0.4, -0.2) is 31.5 Å². The molecule has 0 amide bonds. The summed E-state index contributed by atoms with van der Waals surface area (Å²) >= 11 is 0. The second-order valence-corrected chi connectivity index (χ2v) is 6.55. The van der Waals surface area contributed by atoms with Crippen molar-refractivity contribution < 1.29 is 14.6 Å². The summed E-state index contributed by atoms with van der Waals surface area (Å²) in [5, 5.41) is 12.5. The summed E-state index contributed by atoms with van der Waals surface area (Å²) in [7, 11) is 1.64. The molecule has 1 aliphatic carbocycles. The van der Waals surface area contributed by atoms with E-state index >= 15 is 0 Å². The van der Waals surface area contributed by atoms with Crippen LogP contribution in [0.3, 0.4) is 0 Å². The highest BCUT2D eigenvalue weighted by molar-refractivity contribution is 5.42. The molecule has 0 aromatic heterocycles. The quantitative estimate of drug-likeness (QED) is 0.813. The zero-order chi connectivity index (χ0) is 15.9. The van der Waals surface area contributed by atoms with Gasteiger partial charge in [-0.1, -0.05) is 19.9 Å². The van der Waals surface area contributed by atoms with Gasteiger partial charge in [-0.25, -0.2) is 0 Å². The minimum absolute atomic E-state index is 0.00447. The largest absolute Gasteiger partial charge is 0.493 e. The number of hydrogen-bond donors (Lipinski definition) is 2. The summed E-state index contributed by atoms with van der Waals surface area (Å²) in [5.74, 6) is 3.02. The van der Waals surface area contributed by atoms with Gasteiger partial charge in [-0.05, 0) is 48.8 Å². The number of methoxy groups -OCH3 is 1. The van der Waals surface area contributed by atoms with E-state index in [2.05, 4.69) is 25.2 Å². The van der Waals surface area contributed by atoms with Crippen molar-refractivity contribution >= 4 is 0 Å². The van der Waals surface area contributed by atoms with Gasteiger partial charge in [0.05, 0.1) is 13.7 Å². The fourth-order valence-electron chi connectivity index (χ4n) is 3.47. The third-order valence-electron chi connectivity index (χ3n) is 4.35. The number of nitrogens with one attached hydrogen (secondary N) is 1. The normalized spacial score (nSPS) is 25.0. The maximum absolute atomic E-state index is 8.84. The minimum atomic E-state index is 0.00447. The predicted octanol–water partition coefficient (Wildman–Crippen LogP) is 2.98. The fourth-order valence-corrected chi connectivity index (χ4v) is 3.47. The average Bonchev–Trinajstić information content (AvgIpc) is 2.50. The molecule has 0 aliphatic heterocycles. The maximum atomic E-state index is 8.84. The Morgan fingerprint density at radius 1 is 1.14 bits per heavy atom. The monoisotopic (exact) mass is 307 g/mol. The molecule has 2 atom stereocenters. The topological polar surface area (TPSA) is 50.7 Å². The SMILES string of the molecule is COc1cc(CNC2CC(C)CC(C)C2)ccc1OCCO. The zero-order valence-corrected chi connectivity index (χ0v) is 14.0. The van der Waals surface area contributed by atoms with Crippen molar-refractivity contribution in [1.82, 2.24) is 5.32 Å². The molecule has 1 aromatic carbocycles. The van der Waals surface area contributed by atoms with E-state index in [0.717, 1.165) is 24.1 Å². The van der Waals surface area contributed by atoms with Crippen molar-refractivity contribution in [3.63, 3.8) is 0 Å². The summed E-state index contributed by atoms with van der Waals surface area (Å²) in [5.41, 5.74) is 1.19. The molecule has 0 radical (unpaired) electrons. The van der Waals surface area contributed by atoms with Crippen molar-refractivity contribution in [1.29, 1.82) is 0 Å². The Labute approximate surface area is 133 Å². The lowest BCUT2D eigenvalue weighted by molar-refractivity contribution is 0.196. The van der Waals surface area contributed by atoms with Gasteiger partial charge in [0.15, 0.2) is 11.5 Å². The highest BCUT2D eigenvalue weighted by Gasteiger charge is 2.23. The molecule has 1 saturated carbocycles. The van der Waals surface area contributed by atoms with Crippen molar-refractivity contribution in [2.75, 3.05) is 20.3 Å². The van der Waals surface area contributed by atoms with Gasteiger partial charge in [0, 0.05) is 12.6 Å². The molecule has 22 heavy (non-hydrogen) atoms. The predicted molar refractivity (Wildman–Crippen MR) is 88.4 cm³/mol.